The zero-order chi connectivity index (χ0) is 50.1. The van der Waals surface area contributed by atoms with Crippen LogP contribution < -0.4 is 0 Å². The number of hydrogen-bond acceptors (Lipinski definition) is 12. The molecule has 4 rings (SSSR count). The molecule has 0 aromatic carbocycles. The zero-order valence-electron chi connectivity index (χ0n) is 44.0. The maximum absolute atomic E-state index is 14.6. The van der Waals surface area contributed by atoms with Gasteiger partial charge in [-0.3, -0.25) is 14.4 Å². The number of allylic oxidation sites excluding steroid dienone is 3. The fraction of sp³-hybridized carbons (Fsp3) is 0.849. The van der Waals surface area contributed by atoms with Crippen LogP contribution in [0.4, 0.5) is 0 Å². The molecule has 3 fully saturated rings. The summed E-state index contributed by atoms with van der Waals surface area (Å²) >= 11 is 0. The quantitative estimate of drug-likeness (QED) is 0.0826. The predicted octanol–water partition coefficient (Wildman–Crippen LogP) is 9.06. The number of aliphatic hydroxyl groups excluding tert-OH is 1. The van der Waals surface area contributed by atoms with Gasteiger partial charge in [0.1, 0.15) is 24.0 Å². The molecule has 13 nitrogen and oxygen atoms in total. The van der Waals surface area contributed by atoms with Crippen molar-refractivity contribution in [2.45, 2.75) is 231 Å². The van der Waals surface area contributed by atoms with Gasteiger partial charge in [-0.2, -0.15) is 0 Å². The maximum Gasteiger partial charge on any atom is 0.329 e. The molecule has 0 radical (unpaired) electrons. The Morgan fingerprint density at radius 1 is 0.866 bits per heavy atom. The number of methoxy groups -OCH3 is 3. The normalized spacial score (nSPS) is 36.5. The van der Waals surface area contributed by atoms with Gasteiger partial charge in [0.2, 0.25) is 14.1 Å². The third kappa shape index (κ3) is 13.4. The molecule has 0 spiro atoms. The lowest BCUT2D eigenvalue weighted by Gasteiger charge is -2.47. The molecule has 1 aliphatic carbocycles. The summed E-state index contributed by atoms with van der Waals surface area (Å²) in [6.45, 7) is 25.3. The minimum Gasteiger partial charge on any atom is -0.456 e. The summed E-state index contributed by atoms with van der Waals surface area (Å²) in [6.07, 6.45) is 6.14. The van der Waals surface area contributed by atoms with E-state index in [2.05, 4.69) is 54.5 Å². The fourth-order valence-electron chi connectivity index (χ4n) is 12.4. The smallest absolute Gasteiger partial charge is 0.329 e. The van der Waals surface area contributed by atoms with Gasteiger partial charge in [0.25, 0.3) is 11.7 Å². The number of nitrogens with zero attached hydrogens (tertiary/aromatic N) is 1. The first kappa shape index (κ1) is 57.3. The van der Waals surface area contributed by atoms with Crippen molar-refractivity contribution in [2.24, 2.45) is 29.6 Å². The number of rotatable bonds is 12. The number of fused-ring (bicyclic) bond motifs is 3. The van der Waals surface area contributed by atoms with Crippen molar-refractivity contribution in [3.63, 3.8) is 0 Å². The van der Waals surface area contributed by atoms with E-state index >= 15 is 0 Å². The molecule has 1 amide bonds. The van der Waals surface area contributed by atoms with Crippen molar-refractivity contribution >= 4 is 31.8 Å². The van der Waals surface area contributed by atoms with E-state index in [-0.39, 0.29) is 55.6 Å². The standard InChI is InChI=1S/C53H91NO12Si/c1-16-19-40-25-34(8)24-35(9)26-46(62-14)49-47(63-15)28-37(11)53(60,65-49)50(57)51(58)54-23-18-17-20-41(54)52(59)64-48(38(12)42(55)30-43(40)56)36(10)27-39-21-22-44(45(29-39)61-13)66-67(31(2)3,32(4)5)33(6)7/h25,27,31-33,35,37-42,44-49,55,60H,16-24,26,28-30H2,1-15H3. The predicted molar refractivity (Wildman–Crippen MR) is 263 cm³/mol. The fourth-order valence-corrected chi connectivity index (χ4v) is 18.0. The molecule has 384 valence electrons. The second-order valence-corrected chi connectivity index (χ2v) is 27.3. The Hall–Kier alpha value is -2.30. The summed E-state index contributed by atoms with van der Waals surface area (Å²) in [6, 6.07) is -1.13. The van der Waals surface area contributed by atoms with Crippen LogP contribution in [0.2, 0.25) is 16.6 Å². The molecule has 3 aliphatic heterocycles. The molecular formula is C53H91NO12Si. The second kappa shape index (κ2) is 25.2. The topological polar surface area (TPSA) is 167 Å². The van der Waals surface area contributed by atoms with Crippen LogP contribution in [-0.2, 0) is 47.3 Å². The molecule has 67 heavy (non-hydrogen) atoms. The lowest BCUT2D eigenvalue weighted by Crippen LogP contribution is -2.64. The summed E-state index contributed by atoms with van der Waals surface area (Å²) in [5, 5.41) is 24.2. The number of cyclic esters (lactones) is 1. The van der Waals surface area contributed by atoms with Crippen molar-refractivity contribution in [3.05, 3.63) is 23.3 Å². The van der Waals surface area contributed by atoms with Crippen LogP contribution in [0, 0.1) is 29.6 Å². The minimum atomic E-state index is -2.50. The molecule has 14 heteroatoms. The van der Waals surface area contributed by atoms with Gasteiger partial charge < -0.3 is 43.2 Å². The Morgan fingerprint density at radius 3 is 2.06 bits per heavy atom. The molecule has 3 heterocycles. The monoisotopic (exact) mass is 962 g/mol. The minimum absolute atomic E-state index is 0.0363. The van der Waals surface area contributed by atoms with Gasteiger partial charge in [0.05, 0.1) is 30.5 Å². The van der Waals surface area contributed by atoms with Gasteiger partial charge in [-0.1, -0.05) is 93.4 Å². The van der Waals surface area contributed by atoms with E-state index in [0.717, 1.165) is 30.4 Å². The number of hydrogen-bond donors (Lipinski definition) is 2. The first-order valence-electron chi connectivity index (χ1n) is 25.8. The van der Waals surface area contributed by atoms with Crippen LogP contribution in [0.1, 0.15) is 160 Å². The molecule has 0 aromatic rings. The van der Waals surface area contributed by atoms with Crippen molar-refractivity contribution in [1.82, 2.24) is 4.90 Å². The van der Waals surface area contributed by atoms with Gasteiger partial charge in [0.15, 0.2) is 0 Å². The first-order chi connectivity index (χ1) is 31.5. The SMILES string of the molecule is CCCC1C=C(C)CC(C)CC(OC)C2OC(O)(C(=O)C(=O)N3CCCCC3C(=O)OC(C(C)=CC3CCC(O[Si](C(C)C)(C(C)C)C(C)C)C(OC)C3)C(C)C(O)CC1=O)C(C)CC2OC. The molecule has 0 aromatic heterocycles. The number of carbonyl (C=O) groups excluding carboxylic acids is 4. The van der Waals surface area contributed by atoms with Crippen LogP contribution in [0.25, 0.3) is 0 Å². The maximum atomic E-state index is 14.6. The van der Waals surface area contributed by atoms with Gasteiger partial charge in [0, 0.05) is 52.0 Å². The van der Waals surface area contributed by atoms with Crippen molar-refractivity contribution in [3.8, 4) is 0 Å². The molecule has 2 saturated heterocycles. The third-order valence-corrected chi connectivity index (χ3v) is 22.2. The van der Waals surface area contributed by atoms with Crippen molar-refractivity contribution in [2.75, 3.05) is 27.9 Å². The molecular weight excluding hydrogens is 871 g/mol. The summed E-state index contributed by atoms with van der Waals surface area (Å²) in [7, 11) is 2.65. The number of piperidine rings is 1. The van der Waals surface area contributed by atoms with E-state index in [1.165, 1.54) is 4.90 Å². The molecule has 4 aliphatic rings. The number of Topliss-reactive ketones (excluding diaryl/α,β-unsaturated/α-hetero) is 2. The first-order valence-corrected chi connectivity index (χ1v) is 27.9. The van der Waals surface area contributed by atoms with Gasteiger partial charge in [-0.05, 0) is 112 Å². The number of ketones is 2. The number of aliphatic hydroxyl groups is 2. The van der Waals surface area contributed by atoms with Gasteiger partial charge >= 0.3 is 5.97 Å². The largest absolute Gasteiger partial charge is 0.456 e. The highest BCUT2D eigenvalue weighted by Gasteiger charge is 2.57. The molecule has 14 unspecified atom stereocenters. The van der Waals surface area contributed by atoms with Crippen LogP contribution >= 0.6 is 0 Å². The Balaban J connectivity index is 1.76. The van der Waals surface area contributed by atoms with E-state index < -0.39 is 86.1 Å². The van der Waals surface area contributed by atoms with Crippen LogP contribution in [0.15, 0.2) is 23.3 Å². The van der Waals surface area contributed by atoms with E-state index in [4.69, 9.17) is 28.1 Å². The van der Waals surface area contributed by atoms with Gasteiger partial charge in [-0.25, -0.2) is 4.79 Å². The Morgan fingerprint density at radius 2 is 1.48 bits per heavy atom. The van der Waals surface area contributed by atoms with Crippen LogP contribution in [-0.4, -0.2) is 129 Å². The lowest BCUT2D eigenvalue weighted by molar-refractivity contribution is -0.302. The summed E-state index contributed by atoms with van der Waals surface area (Å²) in [4.78, 5) is 58.9. The van der Waals surface area contributed by atoms with Crippen LogP contribution in [0.5, 0.6) is 0 Å². The number of esters is 1. The summed E-state index contributed by atoms with van der Waals surface area (Å²) in [5.74, 6) is -7.32. The van der Waals surface area contributed by atoms with Crippen LogP contribution in [0.3, 0.4) is 0 Å². The average Bonchev–Trinajstić information content (AvgIpc) is 3.28. The third-order valence-electron chi connectivity index (χ3n) is 16.1. The van der Waals surface area contributed by atoms with Crippen molar-refractivity contribution in [1.29, 1.82) is 0 Å². The Labute approximate surface area is 404 Å². The molecule has 2 N–H and O–H groups in total. The number of ether oxygens (including phenoxy) is 5. The molecule has 14 atom stereocenters. The number of amides is 1. The molecule has 2 bridgehead atoms. The summed E-state index contributed by atoms with van der Waals surface area (Å²) < 4.78 is 38.0. The highest BCUT2D eigenvalue weighted by Crippen LogP contribution is 2.46. The average molecular weight is 962 g/mol. The number of carbonyl (C=O) groups is 4. The Kier molecular flexibility index (Phi) is 21.5. The van der Waals surface area contributed by atoms with E-state index in [1.807, 2.05) is 26.8 Å². The van der Waals surface area contributed by atoms with E-state index in [1.54, 1.807) is 35.2 Å². The molecule has 1 saturated carbocycles. The highest BCUT2D eigenvalue weighted by atomic mass is 28.4. The lowest BCUT2D eigenvalue weighted by atomic mass is 9.81. The second-order valence-electron chi connectivity index (χ2n) is 21.9. The zero-order valence-corrected chi connectivity index (χ0v) is 45.0. The van der Waals surface area contributed by atoms with E-state index in [0.29, 0.717) is 55.1 Å². The van der Waals surface area contributed by atoms with Gasteiger partial charge in [-0.15, -0.1) is 0 Å². The summed E-state index contributed by atoms with van der Waals surface area (Å²) in [5.41, 5.74) is 3.03. The van der Waals surface area contributed by atoms with E-state index in [9.17, 15) is 29.4 Å². The highest BCUT2D eigenvalue weighted by molar-refractivity contribution is 6.77. The van der Waals surface area contributed by atoms with Crippen molar-refractivity contribution < 1.29 is 57.5 Å². The Bertz CT molecular complexity index is 1690.